The van der Waals surface area contributed by atoms with Crippen LogP contribution >= 0.6 is 0 Å². The summed E-state index contributed by atoms with van der Waals surface area (Å²) in [6, 6.07) is 13.3. The molecular weight excluding hydrogens is 290 g/mol. The molecular formula is C18H21N3O2. The fourth-order valence-electron chi connectivity index (χ4n) is 2.98. The van der Waals surface area contributed by atoms with Crippen LogP contribution in [0.25, 0.3) is 0 Å². The highest BCUT2D eigenvalue weighted by molar-refractivity contribution is 5.74. The number of amides is 2. The molecule has 5 heteroatoms. The van der Waals surface area contributed by atoms with E-state index >= 15 is 0 Å². The first-order chi connectivity index (χ1) is 11.1. The smallest absolute Gasteiger partial charge is 0.317 e. The molecule has 0 unspecified atom stereocenters. The van der Waals surface area contributed by atoms with Crippen molar-refractivity contribution in [3.8, 4) is 0 Å². The van der Waals surface area contributed by atoms with Gasteiger partial charge < -0.3 is 14.8 Å². The van der Waals surface area contributed by atoms with Gasteiger partial charge in [0.1, 0.15) is 0 Å². The molecule has 0 radical (unpaired) electrons. The molecule has 0 bridgehead atoms. The van der Waals surface area contributed by atoms with E-state index in [-0.39, 0.29) is 11.6 Å². The highest BCUT2D eigenvalue weighted by Crippen LogP contribution is 2.14. The number of carbonyl (C=O) groups excluding carboxylic acids is 1. The molecule has 1 aromatic carbocycles. The lowest BCUT2D eigenvalue weighted by molar-refractivity contribution is 0.199. The molecule has 1 aliphatic heterocycles. The summed E-state index contributed by atoms with van der Waals surface area (Å²) in [5, 5.41) is 2.97. The first-order valence-corrected chi connectivity index (χ1v) is 7.89. The van der Waals surface area contributed by atoms with Gasteiger partial charge in [0.05, 0.1) is 0 Å². The van der Waals surface area contributed by atoms with Gasteiger partial charge in [-0.3, -0.25) is 4.79 Å². The molecule has 2 amide bonds. The van der Waals surface area contributed by atoms with E-state index in [1.807, 2.05) is 41.3 Å². The zero-order valence-electron chi connectivity index (χ0n) is 13.3. The minimum atomic E-state index is -0.0494. The molecule has 120 valence electrons. The molecule has 0 atom stereocenters. The van der Waals surface area contributed by atoms with Crippen LogP contribution in [-0.2, 0) is 26.4 Å². The molecule has 3 rings (SSSR count). The van der Waals surface area contributed by atoms with E-state index in [0.717, 1.165) is 23.2 Å². The maximum Gasteiger partial charge on any atom is 0.317 e. The topological polar surface area (TPSA) is 54.3 Å². The molecule has 0 spiro atoms. The van der Waals surface area contributed by atoms with Crippen LogP contribution in [0.1, 0.15) is 16.8 Å². The van der Waals surface area contributed by atoms with Gasteiger partial charge in [-0.25, -0.2) is 4.79 Å². The van der Waals surface area contributed by atoms with Crippen molar-refractivity contribution >= 4 is 6.03 Å². The number of nitrogens with one attached hydrogen (secondary N) is 1. The Hall–Kier alpha value is -2.56. The van der Waals surface area contributed by atoms with Crippen LogP contribution < -0.4 is 10.9 Å². The average Bonchev–Trinajstić information content (AvgIpc) is 2.80. The van der Waals surface area contributed by atoms with Crippen molar-refractivity contribution in [2.75, 3.05) is 13.1 Å². The summed E-state index contributed by atoms with van der Waals surface area (Å²) in [4.78, 5) is 25.9. The molecule has 0 saturated carbocycles. The van der Waals surface area contributed by atoms with Gasteiger partial charge in [-0.2, -0.15) is 0 Å². The Morgan fingerprint density at radius 2 is 1.83 bits per heavy atom. The lowest BCUT2D eigenvalue weighted by atomic mass is 10.1. The highest BCUT2D eigenvalue weighted by Gasteiger charge is 2.19. The Morgan fingerprint density at radius 3 is 2.61 bits per heavy atom. The number of pyridine rings is 1. The standard InChI is InChI=1S/C18H21N3O2/c1-20-16-10-12-21(11-9-15(16)7-8-17(20)22)18(23)19-13-14-5-3-2-4-6-14/h2-8H,9-13H2,1H3,(H,19,23). The fourth-order valence-corrected chi connectivity index (χ4v) is 2.98. The molecule has 0 fully saturated rings. The minimum absolute atomic E-state index is 0.00530. The third kappa shape index (κ3) is 3.44. The van der Waals surface area contributed by atoms with Gasteiger partial charge in [0, 0.05) is 44.9 Å². The normalized spacial score (nSPS) is 14.0. The van der Waals surface area contributed by atoms with Crippen molar-refractivity contribution in [1.82, 2.24) is 14.8 Å². The second-order valence-electron chi connectivity index (χ2n) is 5.83. The molecule has 2 heterocycles. The number of nitrogens with zero attached hydrogens (tertiary/aromatic N) is 2. The van der Waals surface area contributed by atoms with E-state index in [9.17, 15) is 9.59 Å². The summed E-state index contributed by atoms with van der Waals surface area (Å²) in [6.45, 7) is 1.83. The average molecular weight is 311 g/mol. The predicted octanol–water partition coefficient (Wildman–Crippen LogP) is 1.70. The van der Waals surface area contributed by atoms with Crippen molar-refractivity contribution in [3.05, 3.63) is 69.6 Å². The Bertz CT molecular complexity index is 753. The van der Waals surface area contributed by atoms with E-state index < -0.39 is 0 Å². The molecule has 5 nitrogen and oxygen atoms in total. The summed E-state index contributed by atoms with van der Waals surface area (Å²) in [5.74, 6) is 0. The monoisotopic (exact) mass is 311 g/mol. The second kappa shape index (κ2) is 6.69. The number of aromatic nitrogens is 1. The predicted molar refractivity (Wildman–Crippen MR) is 89.3 cm³/mol. The van der Waals surface area contributed by atoms with Crippen molar-refractivity contribution < 1.29 is 4.79 Å². The van der Waals surface area contributed by atoms with Crippen LogP contribution in [0.3, 0.4) is 0 Å². The van der Waals surface area contributed by atoms with Crippen molar-refractivity contribution in [3.63, 3.8) is 0 Å². The molecule has 23 heavy (non-hydrogen) atoms. The van der Waals surface area contributed by atoms with Gasteiger partial charge in [-0.1, -0.05) is 36.4 Å². The largest absolute Gasteiger partial charge is 0.334 e. The van der Waals surface area contributed by atoms with E-state index in [0.29, 0.717) is 26.1 Å². The van der Waals surface area contributed by atoms with Gasteiger partial charge in [-0.15, -0.1) is 0 Å². The zero-order valence-corrected chi connectivity index (χ0v) is 13.3. The molecule has 1 aromatic heterocycles. The number of fused-ring (bicyclic) bond motifs is 1. The summed E-state index contributed by atoms with van der Waals surface area (Å²) in [6.07, 6.45) is 1.49. The lowest BCUT2D eigenvalue weighted by Gasteiger charge is -2.20. The SMILES string of the molecule is Cn1c2c(ccc1=O)CCN(C(=O)NCc1ccccc1)CC2. The maximum atomic E-state index is 12.4. The molecule has 0 saturated heterocycles. The summed E-state index contributed by atoms with van der Waals surface area (Å²) in [5.41, 5.74) is 3.29. The first-order valence-electron chi connectivity index (χ1n) is 7.89. The number of hydrogen-bond acceptors (Lipinski definition) is 2. The molecule has 2 aromatic rings. The van der Waals surface area contributed by atoms with Gasteiger partial charge in [0.25, 0.3) is 0 Å². The second-order valence-corrected chi connectivity index (χ2v) is 5.83. The fraction of sp³-hybridized carbons (Fsp3) is 0.333. The number of carbonyl (C=O) groups is 1. The maximum absolute atomic E-state index is 12.4. The van der Waals surface area contributed by atoms with Crippen molar-refractivity contribution in [1.29, 1.82) is 0 Å². The van der Waals surface area contributed by atoms with Gasteiger partial charge >= 0.3 is 6.03 Å². The van der Waals surface area contributed by atoms with E-state index in [4.69, 9.17) is 0 Å². The summed E-state index contributed by atoms with van der Waals surface area (Å²) in [7, 11) is 1.80. The number of hydrogen-bond donors (Lipinski definition) is 1. The van der Waals surface area contributed by atoms with Crippen LogP contribution in [0.4, 0.5) is 4.79 Å². The van der Waals surface area contributed by atoms with E-state index in [1.54, 1.807) is 17.7 Å². The Balaban J connectivity index is 1.64. The van der Waals surface area contributed by atoms with Gasteiger partial charge in [-0.05, 0) is 17.5 Å². The highest BCUT2D eigenvalue weighted by atomic mass is 16.2. The Morgan fingerprint density at radius 1 is 1.09 bits per heavy atom. The van der Waals surface area contributed by atoms with Crippen LogP contribution in [-0.4, -0.2) is 28.6 Å². The number of benzene rings is 1. The zero-order chi connectivity index (χ0) is 16.2. The lowest BCUT2D eigenvalue weighted by Crippen LogP contribution is -2.41. The summed E-state index contributed by atoms with van der Waals surface area (Å²) < 4.78 is 1.70. The third-order valence-corrected chi connectivity index (χ3v) is 4.38. The Labute approximate surface area is 135 Å². The van der Waals surface area contributed by atoms with E-state index in [1.165, 1.54) is 0 Å². The first kappa shape index (κ1) is 15.3. The Kier molecular flexibility index (Phi) is 4.46. The quantitative estimate of drug-likeness (QED) is 0.918. The van der Waals surface area contributed by atoms with Gasteiger partial charge in [0.2, 0.25) is 5.56 Å². The van der Waals surface area contributed by atoms with Crippen LogP contribution in [0, 0.1) is 0 Å². The van der Waals surface area contributed by atoms with Crippen molar-refractivity contribution in [2.24, 2.45) is 7.05 Å². The molecule has 0 aliphatic carbocycles. The van der Waals surface area contributed by atoms with Crippen molar-refractivity contribution in [2.45, 2.75) is 19.4 Å². The van der Waals surface area contributed by atoms with Gasteiger partial charge in [0.15, 0.2) is 0 Å². The number of rotatable bonds is 2. The van der Waals surface area contributed by atoms with Crippen LogP contribution in [0.15, 0.2) is 47.3 Å². The third-order valence-electron chi connectivity index (χ3n) is 4.38. The van der Waals surface area contributed by atoms with Crippen LogP contribution in [0.2, 0.25) is 0 Å². The molecule has 1 aliphatic rings. The van der Waals surface area contributed by atoms with E-state index in [2.05, 4.69) is 5.32 Å². The number of urea groups is 1. The van der Waals surface area contributed by atoms with Crippen LogP contribution in [0.5, 0.6) is 0 Å². The minimum Gasteiger partial charge on any atom is -0.334 e. The summed E-state index contributed by atoms with van der Waals surface area (Å²) >= 11 is 0. The molecule has 1 N–H and O–H groups in total.